The second kappa shape index (κ2) is 8.73. The van der Waals surface area contributed by atoms with Gasteiger partial charge in [0.1, 0.15) is 5.75 Å². The van der Waals surface area contributed by atoms with E-state index in [9.17, 15) is 9.59 Å². The third kappa shape index (κ3) is 5.10. The smallest absolute Gasteiger partial charge is 0.291 e. The van der Waals surface area contributed by atoms with E-state index in [2.05, 4.69) is 5.32 Å². The first-order valence-electron chi connectivity index (χ1n) is 9.14. The van der Waals surface area contributed by atoms with Crippen molar-refractivity contribution in [3.63, 3.8) is 0 Å². The number of nitrogens with one attached hydrogen (secondary N) is 1. The summed E-state index contributed by atoms with van der Waals surface area (Å²) in [5.74, 6) is 0.684. The van der Waals surface area contributed by atoms with Crippen LogP contribution in [0.5, 0.6) is 5.75 Å². The molecule has 7 nitrogen and oxygen atoms in total. The Hall–Kier alpha value is -2.80. The van der Waals surface area contributed by atoms with E-state index in [-0.39, 0.29) is 30.2 Å². The van der Waals surface area contributed by atoms with E-state index in [1.807, 2.05) is 11.8 Å². The van der Waals surface area contributed by atoms with Crippen LogP contribution in [0.3, 0.4) is 0 Å². The first kappa shape index (κ1) is 19.0. The van der Waals surface area contributed by atoms with Gasteiger partial charge in [0.05, 0.1) is 6.26 Å². The molecule has 2 heterocycles. The standard InChI is InChI=1S/C20H25N3O4/c1-14(21)15-5-3-9-23(12-15)19(24)13-27-17-7-2-6-16(11-17)22-20(25)18-8-4-10-26-18/h2,4,6-8,10-11,14-15H,3,5,9,12-13,21H2,1H3,(H,22,25). The Balaban J connectivity index is 1.53. The fourth-order valence-electron chi connectivity index (χ4n) is 3.17. The average molecular weight is 371 g/mol. The van der Waals surface area contributed by atoms with Gasteiger partial charge in [0.15, 0.2) is 12.4 Å². The van der Waals surface area contributed by atoms with Gasteiger partial charge in [-0.2, -0.15) is 0 Å². The van der Waals surface area contributed by atoms with E-state index in [1.165, 1.54) is 6.26 Å². The van der Waals surface area contributed by atoms with Crippen LogP contribution in [0.2, 0.25) is 0 Å². The number of piperidine rings is 1. The highest BCUT2D eigenvalue weighted by atomic mass is 16.5. The number of hydrogen-bond donors (Lipinski definition) is 2. The van der Waals surface area contributed by atoms with Crippen LogP contribution in [0, 0.1) is 5.92 Å². The molecule has 1 aliphatic heterocycles. The summed E-state index contributed by atoms with van der Waals surface area (Å²) in [6.07, 6.45) is 3.46. The molecule has 1 aromatic heterocycles. The van der Waals surface area contributed by atoms with Crippen LogP contribution in [-0.4, -0.2) is 42.5 Å². The number of benzene rings is 1. The summed E-state index contributed by atoms with van der Waals surface area (Å²) in [4.78, 5) is 26.3. The molecule has 0 saturated carbocycles. The van der Waals surface area contributed by atoms with Gasteiger partial charge in [-0.25, -0.2) is 0 Å². The van der Waals surface area contributed by atoms with Crippen molar-refractivity contribution in [1.29, 1.82) is 0 Å². The molecular weight excluding hydrogens is 346 g/mol. The van der Waals surface area contributed by atoms with Gasteiger partial charge in [-0.05, 0) is 49.9 Å². The molecule has 0 spiro atoms. The summed E-state index contributed by atoms with van der Waals surface area (Å²) >= 11 is 0. The normalized spacial score (nSPS) is 18.0. The third-order valence-corrected chi connectivity index (χ3v) is 4.75. The highest BCUT2D eigenvalue weighted by Crippen LogP contribution is 2.21. The average Bonchev–Trinajstić information content (AvgIpc) is 3.21. The molecule has 1 aromatic carbocycles. The third-order valence-electron chi connectivity index (χ3n) is 4.75. The molecule has 7 heteroatoms. The van der Waals surface area contributed by atoms with Crippen molar-refractivity contribution in [2.24, 2.45) is 11.7 Å². The highest BCUT2D eigenvalue weighted by molar-refractivity contribution is 6.02. The summed E-state index contributed by atoms with van der Waals surface area (Å²) < 4.78 is 10.7. The molecule has 2 unspecified atom stereocenters. The zero-order chi connectivity index (χ0) is 19.2. The quantitative estimate of drug-likeness (QED) is 0.813. The molecule has 0 radical (unpaired) electrons. The van der Waals surface area contributed by atoms with Gasteiger partial charge in [0, 0.05) is 30.9 Å². The number of furan rings is 1. The van der Waals surface area contributed by atoms with E-state index < -0.39 is 0 Å². The lowest BCUT2D eigenvalue weighted by Crippen LogP contribution is -2.46. The summed E-state index contributed by atoms with van der Waals surface area (Å²) in [5, 5.41) is 2.73. The number of ether oxygens (including phenoxy) is 1. The highest BCUT2D eigenvalue weighted by Gasteiger charge is 2.25. The van der Waals surface area contributed by atoms with Crippen LogP contribution in [0.15, 0.2) is 47.1 Å². The predicted molar refractivity (Wildman–Crippen MR) is 102 cm³/mol. The zero-order valence-electron chi connectivity index (χ0n) is 15.4. The van der Waals surface area contributed by atoms with E-state index in [4.69, 9.17) is 14.9 Å². The summed E-state index contributed by atoms with van der Waals surface area (Å²) in [7, 11) is 0. The largest absolute Gasteiger partial charge is 0.484 e. The molecule has 3 N–H and O–H groups in total. The Morgan fingerprint density at radius 2 is 2.22 bits per heavy atom. The SMILES string of the molecule is CC(N)C1CCCN(C(=O)COc2cccc(NC(=O)c3ccco3)c2)C1. The number of hydrogen-bond acceptors (Lipinski definition) is 5. The van der Waals surface area contributed by atoms with Crippen LogP contribution in [0.1, 0.15) is 30.3 Å². The van der Waals surface area contributed by atoms with Gasteiger partial charge in [0.2, 0.25) is 0 Å². The minimum absolute atomic E-state index is 0.0404. The Morgan fingerprint density at radius 3 is 2.96 bits per heavy atom. The van der Waals surface area contributed by atoms with Gasteiger partial charge in [0.25, 0.3) is 11.8 Å². The Labute approximate surface area is 158 Å². The minimum atomic E-state index is -0.344. The predicted octanol–water partition coefficient (Wildman–Crippen LogP) is 2.50. The van der Waals surface area contributed by atoms with E-state index in [1.54, 1.807) is 36.4 Å². The molecule has 3 rings (SSSR count). The van der Waals surface area contributed by atoms with E-state index in [0.717, 1.165) is 19.4 Å². The lowest BCUT2D eigenvalue weighted by Gasteiger charge is -2.34. The van der Waals surface area contributed by atoms with Gasteiger partial charge in [-0.3, -0.25) is 9.59 Å². The summed E-state index contributed by atoms with van der Waals surface area (Å²) in [6, 6.07) is 10.2. The number of likely N-dealkylation sites (tertiary alicyclic amines) is 1. The lowest BCUT2D eigenvalue weighted by molar-refractivity contribution is -0.135. The molecule has 2 atom stereocenters. The van der Waals surface area contributed by atoms with E-state index >= 15 is 0 Å². The number of amides is 2. The van der Waals surface area contributed by atoms with Crippen molar-refractivity contribution in [3.8, 4) is 5.75 Å². The van der Waals surface area contributed by atoms with Gasteiger partial charge < -0.3 is 25.1 Å². The van der Waals surface area contributed by atoms with Crippen molar-refractivity contribution in [1.82, 2.24) is 4.90 Å². The van der Waals surface area contributed by atoms with Gasteiger partial charge >= 0.3 is 0 Å². The maximum atomic E-state index is 12.4. The second-order valence-electron chi connectivity index (χ2n) is 6.85. The Morgan fingerprint density at radius 1 is 1.37 bits per heavy atom. The number of rotatable bonds is 6. The van der Waals surface area contributed by atoms with Crippen molar-refractivity contribution >= 4 is 17.5 Å². The first-order valence-corrected chi connectivity index (χ1v) is 9.14. The minimum Gasteiger partial charge on any atom is -0.484 e. The molecule has 0 bridgehead atoms. The fourth-order valence-corrected chi connectivity index (χ4v) is 3.17. The molecule has 0 aliphatic carbocycles. The van der Waals surface area contributed by atoms with Gasteiger partial charge in [-0.1, -0.05) is 6.07 Å². The molecule has 1 fully saturated rings. The molecule has 2 aromatic rings. The maximum absolute atomic E-state index is 12.4. The molecule has 27 heavy (non-hydrogen) atoms. The zero-order valence-corrected chi connectivity index (χ0v) is 15.4. The van der Waals surface area contributed by atoms with Crippen molar-refractivity contribution in [2.45, 2.75) is 25.8 Å². The molecule has 144 valence electrons. The van der Waals surface area contributed by atoms with Crippen LogP contribution in [0.4, 0.5) is 5.69 Å². The topological polar surface area (TPSA) is 97.8 Å². The molecular formula is C20H25N3O4. The lowest BCUT2D eigenvalue weighted by atomic mass is 9.92. The van der Waals surface area contributed by atoms with Crippen LogP contribution >= 0.6 is 0 Å². The number of nitrogens with two attached hydrogens (primary N) is 1. The monoisotopic (exact) mass is 371 g/mol. The van der Waals surface area contributed by atoms with Crippen LogP contribution in [-0.2, 0) is 4.79 Å². The molecule has 1 saturated heterocycles. The number of anilines is 1. The van der Waals surface area contributed by atoms with Gasteiger partial charge in [-0.15, -0.1) is 0 Å². The van der Waals surface area contributed by atoms with Crippen LogP contribution in [0.25, 0.3) is 0 Å². The number of carbonyl (C=O) groups is 2. The summed E-state index contributed by atoms with van der Waals surface area (Å²) in [6.45, 7) is 3.36. The summed E-state index contributed by atoms with van der Waals surface area (Å²) in [5.41, 5.74) is 6.54. The molecule has 2 amide bonds. The number of carbonyl (C=O) groups excluding carboxylic acids is 2. The van der Waals surface area contributed by atoms with Crippen molar-refractivity contribution in [2.75, 3.05) is 25.0 Å². The molecule has 1 aliphatic rings. The van der Waals surface area contributed by atoms with Crippen LogP contribution < -0.4 is 15.8 Å². The maximum Gasteiger partial charge on any atom is 0.291 e. The van der Waals surface area contributed by atoms with Crippen molar-refractivity contribution < 1.29 is 18.7 Å². The van der Waals surface area contributed by atoms with Crippen molar-refractivity contribution in [3.05, 3.63) is 48.4 Å². The van der Waals surface area contributed by atoms with E-state index in [0.29, 0.717) is 23.9 Å². The fraction of sp³-hybridized carbons (Fsp3) is 0.400. The Kier molecular flexibility index (Phi) is 6.13. The second-order valence-corrected chi connectivity index (χ2v) is 6.85. The first-order chi connectivity index (χ1) is 13.0. The number of nitrogens with zero attached hydrogens (tertiary/aromatic N) is 1. The Bertz CT molecular complexity index is 773.